The molecule has 1 fully saturated rings. The molecule has 2 rings (SSSR count). The molecule has 0 N–H and O–H groups in total. The van der Waals surface area contributed by atoms with Crippen molar-refractivity contribution in [1.82, 2.24) is 9.91 Å². The van der Waals surface area contributed by atoms with Gasteiger partial charge in [-0.2, -0.15) is 5.10 Å². The Balaban J connectivity index is 1.79. The van der Waals surface area contributed by atoms with E-state index in [1.54, 1.807) is 0 Å². The molecule has 0 saturated carbocycles. The number of carbonyl (C=O) groups is 1. The van der Waals surface area contributed by atoms with Crippen LogP contribution in [0, 0.1) is 0 Å². The molecule has 0 radical (unpaired) electrons. The second kappa shape index (κ2) is 3.77. The predicted octanol–water partition coefficient (Wildman–Crippen LogP) is 0.300. The van der Waals surface area contributed by atoms with Crippen LogP contribution in [0.3, 0.4) is 0 Å². The van der Waals surface area contributed by atoms with Gasteiger partial charge in [0.1, 0.15) is 6.54 Å². The summed E-state index contributed by atoms with van der Waals surface area (Å²) in [4.78, 5) is 13.6. The summed E-state index contributed by atoms with van der Waals surface area (Å²) < 4.78 is 0. The van der Waals surface area contributed by atoms with Crippen LogP contribution in [0.15, 0.2) is 5.10 Å². The van der Waals surface area contributed by atoms with E-state index in [9.17, 15) is 4.79 Å². The van der Waals surface area contributed by atoms with E-state index in [1.807, 2.05) is 16.1 Å². The Morgan fingerprint density at radius 2 is 2.08 bits per heavy atom. The first-order chi connectivity index (χ1) is 6.36. The normalized spacial score (nSPS) is 21.5. The molecule has 0 aromatic heterocycles. The lowest BCUT2D eigenvalue weighted by atomic mass is 10.4. The van der Waals surface area contributed by atoms with Gasteiger partial charge >= 0.3 is 0 Å². The van der Waals surface area contributed by atoms with Gasteiger partial charge in [0.25, 0.3) is 0 Å². The first-order valence-electron chi connectivity index (χ1n) is 4.91. The molecular formula is C9H15N3O. The highest BCUT2D eigenvalue weighted by Gasteiger charge is 2.20. The van der Waals surface area contributed by atoms with E-state index in [0.717, 1.165) is 38.9 Å². The molecule has 4 nitrogen and oxygen atoms in total. The molecule has 13 heavy (non-hydrogen) atoms. The molecule has 0 aliphatic carbocycles. The van der Waals surface area contributed by atoms with Crippen molar-refractivity contribution in [3.63, 3.8) is 0 Å². The molecule has 0 unspecified atom stereocenters. The van der Waals surface area contributed by atoms with Crippen LogP contribution in [0.4, 0.5) is 0 Å². The number of hydrazone groups is 1. The van der Waals surface area contributed by atoms with Gasteiger partial charge in [-0.05, 0) is 12.8 Å². The number of amides is 1. The molecule has 0 aromatic rings. The van der Waals surface area contributed by atoms with Crippen molar-refractivity contribution >= 4 is 12.1 Å². The van der Waals surface area contributed by atoms with Gasteiger partial charge in [0, 0.05) is 32.3 Å². The standard InChI is InChI=1S/C9H15N3O/c13-9(11-5-1-2-6-11)8-12-7-3-4-10-12/h4H,1-3,5-8H2. The fraction of sp³-hybridized carbons (Fsp3) is 0.778. The van der Waals surface area contributed by atoms with Crippen molar-refractivity contribution in [3.05, 3.63) is 0 Å². The molecule has 0 bridgehead atoms. The number of likely N-dealkylation sites (tertiary alicyclic amines) is 1. The minimum Gasteiger partial charge on any atom is -0.341 e. The van der Waals surface area contributed by atoms with Crippen molar-refractivity contribution in [2.45, 2.75) is 19.3 Å². The third-order valence-electron chi connectivity index (χ3n) is 2.54. The van der Waals surface area contributed by atoms with Crippen molar-refractivity contribution in [3.8, 4) is 0 Å². The Morgan fingerprint density at radius 3 is 2.69 bits per heavy atom. The van der Waals surface area contributed by atoms with Crippen LogP contribution in [0.2, 0.25) is 0 Å². The lowest BCUT2D eigenvalue weighted by Crippen LogP contribution is -2.36. The Hall–Kier alpha value is -1.06. The Bertz CT molecular complexity index is 221. The minimum absolute atomic E-state index is 0.233. The second-order valence-electron chi connectivity index (χ2n) is 3.56. The average Bonchev–Trinajstić information content (AvgIpc) is 2.74. The van der Waals surface area contributed by atoms with Gasteiger partial charge in [-0.1, -0.05) is 0 Å². The largest absolute Gasteiger partial charge is 0.341 e. The van der Waals surface area contributed by atoms with Crippen LogP contribution >= 0.6 is 0 Å². The Labute approximate surface area is 78.2 Å². The van der Waals surface area contributed by atoms with Crippen molar-refractivity contribution in [2.24, 2.45) is 5.10 Å². The van der Waals surface area contributed by atoms with Crippen LogP contribution in [0.25, 0.3) is 0 Å². The lowest BCUT2D eigenvalue weighted by molar-refractivity contribution is -0.131. The van der Waals surface area contributed by atoms with Crippen LogP contribution < -0.4 is 0 Å². The maximum atomic E-state index is 11.6. The maximum Gasteiger partial charge on any atom is 0.243 e. The number of carbonyl (C=O) groups excluding carboxylic acids is 1. The number of hydrogen-bond acceptors (Lipinski definition) is 3. The van der Waals surface area contributed by atoms with Crippen LogP contribution in [0.1, 0.15) is 19.3 Å². The van der Waals surface area contributed by atoms with E-state index in [1.165, 1.54) is 0 Å². The molecule has 0 atom stereocenters. The second-order valence-corrected chi connectivity index (χ2v) is 3.56. The molecule has 4 heteroatoms. The first kappa shape index (κ1) is 8.53. The zero-order valence-electron chi connectivity index (χ0n) is 7.78. The fourth-order valence-electron chi connectivity index (χ4n) is 1.78. The van der Waals surface area contributed by atoms with Gasteiger partial charge in [0.05, 0.1) is 0 Å². The van der Waals surface area contributed by atoms with Crippen molar-refractivity contribution in [1.29, 1.82) is 0 Å². The summed E-state index contributed by atoms with van der Waals surface area (Å²) >= 11 is 0. The summed E-state index contributed by atoms with van der Waals surface area (Å²) in [6.07, 6.45) is 5.18. The molecule has 0 aromatic carbocycles. The molecule has 2 aliphatic rings. The number of nitrogens with zero attached hydrogens (tertiary/aromatic N) is 3. The predicted molar refractivity (Wildman–Crippen MR) is 50.5 cm³/mol. The first-order valence-corrected chi connectivity index (χ1v) is 4.91. The SMILES string of the molecule is O=C(CN1CCC=N1)N1CCCC1. The van der Waals surface area contributed by atoms with Crippen molar-refractivity contribution < 1.29 is 4.79 Å². The summed E-state index contributed by atoms with van der Waals surface area (Å²) in [5.74, 6) is 0.233. The molecular weight excluding hydrogens is 166 g/mol. The van der Waals surface area contributed by atoms with E-state index in [4.69, 9.17) is 0 Å². The van der Waals surface area contributed by atoms with E-state index in [0.29, 0.717) is 6.54 Å². The van der Waals surface area contributed by atoms with Crippen molar-refractivity contribution in [2.75, 3.05) is 26.2 Å². The number of rotatable bonds is 2. The third kappa shape index (κ3) is 1.99. The minimum atomic E-state index is 0.233. The van der Waals surface area contributed by atoms with Crippen LogP contribution in [-0.4, -0.2) is 48.2 Å². The van der Waals surface area contributed by atoms with Gasteiger partial charge in [0.2, 0.25) is 5.91 Å². The summed E-state index contributed by atoms with van der Waals surface area (Å²) in [7, 11) is 0. The van der Waals surface area contributed by atoms with Gasteiger partial charge in [0.15, 0.2) is 0 Å². The zero-order chi connectivity index (χ0) is 9.10. The molecule has 2 heterocycles. The quantitative estimate of drug-likeness (QED) is 0.614. The van der Waals surface area contributed by atoms with E-state index in [-0.39, 0.29) is 5.91 Å². The van der Waals surface area contributed by atoms with Crippen LogP contribution in [-0.2, 0) is 4.79 Å². The van der Waals surface area contributed by atoms with Crippen LogP contribution in [0.5, 0.6) is 0 Å². The lowest BCUT2D eigenvalue weighted by Gasteiger charge is -2.19. The maximum absolute atomic E-state index is 11.6. The molecule has 1 saturated heterocycles. The van der Waals surface area contributed by atoms with E-state index >= 15 is 0 Å². The Kier molecular flexibility index (Phi) is 2.47. The molecule has 1 amide bonds. The molecule has 2 aliphatic heterocycles. The summed E-state index contributed by atoms with van der Waals surface area (Å²) in [6, 6.07) is 0. The highest BCUT2D eigenvalue weighted by atomic mass is 16.2. The highest BCUT2D eigenvalue weighted by Crippen LogP contribution is 2.09. The number of hydrogen-bond donors (Lipinski definition) is 0. The smallest absolute Gasteiger partial charge is 0.243 e. The zero-order valence-corrected chi connectivity index (χ0v) is 7.78. The van der Waals surface area contributed by atoms with E-state index < -0.39 is 0 Å². The topological polar surface area (TPSA) is 35.9 Å². The monoisotopic (exact) mass is 181 g/mol. The summed E-state index contributed by atoms with van der Waals surface area (Å²) in [6.45, 7) is 3.25. The van der Waals surface area contributed by atoms with Gasteiger partial charge in [-0.15, -0.1) is 0 Å². The summed E-state index contributed by atoms with van der Waals surface area (Å²) in [5.41, 5.74) is 0. The summed E-state index contributed by atoms with van der Waals surface area (Å²) in [5, 5.41) is 5.96. The van der Waals surface area contributed by atoms with Gasteiger partial charge in [-0.3, -0.25) is 9.80 Å². The molecule has 0 spiro atoms. The van der Waals surface area contributed by atoms with Gasteiger partial charge in [-0.25, -0.2) is 0 Å². The fourth-order valence-corrected chi connectivity index (χ4v) is 1.78. The third-order valence-corrected chi connectivity index (χ3v) is 2.54. The Morgan fingerprint density at radius 1 is 1.31 bits per heavy atom. The molecule has 72 valence electrons. The van der Waals surface area contributed by atoms with Gasteiger partial charge < -0.3 is 4.90 Å². The van der Waals surface area contributed by atoms with E-state index in [2.05, 4.69) is 5.10 Å². The highest BCUT2D eigenvalue weighted by molar-refractivity contribution is 5.78. The average molecular weight is 181 g/mol.